The van der Waals surface area contributed by atoms with Crippen LogP contribution >= 0.6 is 31.9 Å². The van der Waals surface area contributed by atoms with Crippen molar-refractivity contribution in [2.45, 2.75) is 25.7 Å². The summed E-state index contributed by atoms with van der Waals surface area (Å²) in [5, 5.41) is 2.45. The van der Waals surface area contributed by atoms with Crippen molar-refractivity contribution < 1.29 is 0 Å². The summed E-state index contributed by atoms with van der Waals surface area (Å²) in [7, 11) is 0. The Labute approximate surface area is 345 Å². The Bertz CT molecular complexity index is 2820. The lowest BCUT2D eigenvalue weighted by molar-refractivity contribution is 0.660. The molecule has 0 fully saturated rings. The highest BCUT2D eigenvalue weighted by Gasteiger charge is 2.37. The van der Waals surface area contributed by atoms with Crippen LogP contribution in [0, 0.1) is 0 Å². The number of hydrogen-bond donors (Lipinski definition) is 0. The van der Waals surface area contributed by atoms with Gasteiger partial charge in [-0.05, 0) is 133 Å². The predicted molar refractivity (Wildman–Crippen MR) is 245 cm³/mol. The van der Waals surface area contributed by atoms with Crippen LogP contribution in [-0.4, -0.2) is 0 Å². The molecule has 0 amide bonds. The number of allylic oxidation sites excluding steroid dienone is 1. The van der Waals surface area contributed by atoms with E-state index in [9.17, 15) is 0 Å². The second-order valence-corrected chi connectivity index (χ2v) is 17.0. The van der Waals surface area contributed by atoms with Crippen molar-refractivity contribution in [3.05, 3.63) is 209 Å². The van der Waals surface area contributed by atoms with Gasteiger partial charge in [0.2, 0.25) is 0 Å². The van der Waals surface area contributed by atoms with Crippen LogP contribution in [0.4, 0.5) is 34.1 Å². The van der Waals surface area contributed by atoms with Crippen molar-refractivity contribution in [1.29, 1.82) is 0 Å². The van der Waals surface area contributed by atoms with E-state index in [1.54, 1.807) is 0 Å². The van der Waals surface area contributed by atoms with Crippen LogP contribution in [0.25, 0.3) is 37.5 Å². The zero-order valence-corrected chi connectivity index (χ0v) is 34.3. The molecular formula is C52H38Br2N2. The van der Waals surface area contributed by atoms with Crippen molar-refractivity contribution in [3.8, 4) is 22.3 Å². The van der Waals surface area contributed by atoms with Crippen LogP contribution in [-0.2, 0) is 11.8 Å². The second-order valence-electron chi connectivity index (χ2n) is 15.2. The molecule has 8 aromatic carbocycles. The predicted octanol–water partition coefficient (Wildman–Crippen LogP) is 15.8. The number of para-hydroxylation sites is 1. The molecule has 0 N–H and O–H groups in total. The van der Waals surface area contributed by atoms with E-state index in [0.717, 1.165) is 39.3 Å². The summed E-state index contributed by atoms with van der Waals surface area (Å²) < 4.78 is 2.31. The summed E-state index contributed by atoms with van der Waals surface area (Å²) in [6.07, 6.45) is 0.900. The van der Waals surface area contributed by atoms with Gasteiger partial charge in [0.05, 0.1) is 5.69 Å². The molecule has 2 nitrogen and oxygen atoms in total. The first-order valence-electron chi connectivity index (χ1n) is 19.1. The molecule has 0 spiro atoms. The van der Waals surface area contributed by atoms with Crippen molar-refractivity contribution in [3.63, 3.8) is 0 Å². The smallest absolute Gasteiger partial charge is 0.0540 e. The topological polar surface area (TPSA) is 6.48 Å². The third kappa shape index (κ3) is 5.82. The fourth-order valence-electron chi connectivity index (χ4n) is 8.73. The first kappa shape index (κ1) is 34.8. The molecule has 0 saturated heterocycles. The van der Waals surface area contributed by atoms with Crippen LogP contribution in [0.1, 0.15) is 36.1 Å². The van der Waals surface area contributed by atoms with Gasteiger partial charge < -0.3 is 9.80 Å². The van der Waals surface area contributed by atoms with E-state index in [1.165, 1.54) is 65.4 Å². The van der Waals surface area contributed by atoms with Gasteiger partial charge in [0.1, 0.15) is 0 Å². The third-order valence-electron chi connectivity index (χ3n) is 11.6. The van der Waals surface area contributed by atoms with Crippen LogP contribution in [0.5, 0.6) is 0 Å². The summed E-state index contributed by atoms with van der Waals surface area (Å²) in [5.74, 6) is 0. The lowest BCUT2D eigenvalue weighted by atomic mass is 9.82. The molecule has 0 bridgehead atoms. The highest BCUT2D eigenvalue weighted by molar-refractivity contribution is 9.16. The van der Waals surface area contributed by atoms with Gasteiger partial charge >= 0.3 is 0 Å². The zero-order valence-electron chi connectivity index (χ0n) is 31.2. The Kier molecular flexibility index (Phi) is 8.58. The zero-order chi connectivity index (χ0) is 38.0. The van der Waals surface area contributed by atoms with Gasteiger partial charge in [-0.3, -0.25) is 0 Å². The maximum absolute atomic E-state index is 3.87. The molecule has 0 atom stereocenters. The number of anilines is 6. The van der Waals surface area contributed by atoms with Crippen molar-refractivity contribution in [2.75, 3.05) is 9.80 Å². The maximum Gasteiger partial charge on any atom is 0.0540 e. The molecule has 0 aliphatic heterocycles. The quantitative estimate of drug-likeness (QED) is 0.158. The van der Waals surface area contributed by atoms with E-state index in [4.69, 9.17) is 0 Å². The Balaban J connectivity index is 1.09. The van der Waals surface area contributed by atoms with Gasteiger partial charge in [-0.25, -0.2) is 0 Å². The Morgan fingerprint density at radius 2 is 0.982 bits per heavy atom. The van der Waals surface area contributed by atoms with E-state index in [-0.39, 0.29) is 5.41 Å². The summed E-state index contributed by atoms with van der Waals surface area (Å²) in [6.45, 7) is 4.76. The Morgan fingerprint density at radius 3 is 1.70 bits per heavy atom. The average Bonchev–Trinajstić information content (AvgIpc) is 3.65. The Morgan fingerprint density at radius 1 is 0.446 bits per heavy atom. The molecule has 2 aliphatic carbocycles. The van der Waals surface area contributed by atoms with Gasteiger partial charge in [0, 0.05) is 54.6 Å². The highest BCUT2D eigenvalue weighted by Crippen LogP contribution is 2.53. The van der Waals surface area contributed by atoms with Crippen molar-refractivity contribution >= 4 is 81.2 Å². The average molecular weight is 851 g/mol. The minimum absolute atomic E-state index is 0.241. The minimum Gasteiger partial charge on any atom is -0.310 e. The molecule has 270 valence electrons. The largest absolute Gasteiger partial charge is 0.310 e. The van der Waals surface area contributed by atoms with Gasteiger partial charge in [-0.15, -0.1) is 0 Å². The summed E-state index contributed by atoms with van der Waals surface area (Å²) in [6, 6.07) is 66.5. The number of fused-ring (bicyclic) bond motifs is 5. The molecule has 56 heavy (non-hydrogen) atoms. The molecule has 0 radical (unpaired) electrons. The van der Waals surface area contributed by atoms with E-state index in [1.807, 2.05) is 0 Å². The molecule has 2 aliphatic rings. The lowest BCUT2D eigenvalue weighted by Gasteiger charge is -2.30. The van der Waals surface area contributed by atoms with Crippen LogP contribution in [0.2, 0.25) is 0 Å². The number of hydrogen-bond acceptors (Lipinski definition) is 2. The van der Waals surface area contributed by atoms with Crippen molar-refractivity contribution in [2.24, 2.45) is 0 Å². The highest BCUT2D eigenvalue weighted by atomic mass is 79.9. The van der Waals surface area contributed by atoms with E-state index in [0.29, 0.717) is 0 Å². The normalized spacial score (nSPS) is 13.7. The standard InChI is InChI=1S/C52H38Br2N2/c1-52(2)47-32-41(55(40-25-22-37-30-49(53)51(54)46(37)31-40)39-23-20-35(21-24-39)34-12-5-3-6-13-34)26-28-44(47)45-29-27-42(33-48(45)52)56(38-16-7-4-8-17-38)50-19-11-15-36-14-9-10-18-43(36)50/h3-29,31-33H,30H2,1-2H3. The molecule has 8 aromatic rings. The van der Waals surface area contributed by atoms with E-state index < -0.39 is 0 Å². The Hall–Kier alpha value is -5.68. The number of benzene rings is 8. The van der Waals surface area contributed by atoms with E-state index >= 15 is 0 Å². The maximum atomic E-state index is 3.87. The SMILES string of the molecule is CC1(C)c2cc(N(c3ccc(-c4ccccc4)cc3)c3ccc4c(c3)C(Br)=C(Br)C4)ccc2-c2ccc(N(c3ccccc3)c3cccc4ccccc34)cc21. The van der Waals surface area contributed by atoms with Gasteiger partial charge in [-0.1, -0.05) is 145 Å². The van der Waals surface area contributed by atoms with Gasteiger partial charge in [0.25, 0.3) is 0 Å². The second kappa shape index (κ2) is 13.8. The minimum atomic E-state index is -0.241. The van der Waals surface area contributed by atoms with E-state index in [2.05, 4.69) is 237 Å². The molecule has 10 rings (SSSR count). The number of halogens is 2. The summed E-state index contributed by atoms with van der Waals surface area (Å²) >= 11 is 7.67. The first-order valence-corrected chi connectivity index (χ1v) is 20.7. The number of rotatable bonds is 7. The molecule has 0 saturated carbocycles. The molecule has 0 aromatic heterocycles. The van der Waals surface area contributed by atoms with Crippen molar-refractivity contribution in [1.82, 2.24) is 0 Å². The lowest BCUT2D eigenvalue weighted by Crippen LogP contribution is -2.17. The molecule has 0 heterocycles. The van der Waals surface area contributed by atoms with Gasteiger partial charge in [-0.2, -0.15) is 0 Å². The van der Waals surface area contributed by atoms with Crippen LogP contribution in [0.3, 0.4) is 0 Å². The first-order chi connectivity index (χ1) is 27.3. The van der Waals surface area contributed by atoms with Crippen LogP contribution in [0.15, 0.2) is 186 Å². The van der Waals surface area contributed by atoms with Crippen LogP contribution < -0.4 is 9.80 Å². The summed E-state index contributed by atoms with van der Waals surface area (Å²) in [4.78, 5) is 4.82. The monoisotopic (exact) mass is 848 g/mol. The molecule has 0 unspecified atom stereocenters. The summed E-state index contributed by atoms with van der Waals surface area (Å²) in [5.41, 5.74) is 16.8. The number of nitrogens with zero attached hydrogens (tertiary/aromatic N) is 2. The fraction of sp³-hybridized carbons (Fsp3) is 0.0769. The third-order valence-corrected chi connectivity index (χ3v) is 13.7. The molecule has 4 heteroatoms. The van der Waals surface area contributed by atoms with Gasteiger partial charge in [0.15, 0.2) is 0 Å². The fourth-order valence-corrected chi connectivity index (χ4v) is 9.76. The molecular weight excluding hydrogens is 812 g/mol.